The number of hydrogen-bond donors (Lipinski definition) is 2. The van der Waals surface area contributed by atoms with E-state index in [1.807, 2.05) is 19.0 Å². The second kappa shape index (κ2) is 7.04. The van der Waals surface area contributed by atoms with E-state index in [1.54, 1.807) is 6.20 Å². The largest absolute Gasteiger partial charge is 0.371 e. The fourth-order valence-corrected chi connectivity index (χ4v) is 2.54. The normalized spacial score (nSPS) is 18.7. The van der Waals surface area contributed by atoms with Crippen molar-refractivity contribution < 1.29 is 4.79 Å². The molecule has 21 heavy (non-hydrogen) atoms. The molecule has 1 aromatic heterocycles. The number of aromatic nitrogens is 2. The van der Waals surface area contributed by atoms with Crippen LogP contribution in [-0.4, -0.2) is 53.8 Å². The number of amides is 1. The monoisotopic (exact) mass is 357 g/mol. The van der Waals surface area contributed by atoms with Crippen molar-refractivity contribution in [1.29, 1.82) is 0 Å². The molecule has 1 aliphatic rings. The zero-order valence-corrected chi connectivity index (χ0v) is 13.8. The smallest absolute Gasteiger partial charge is 0.283 e. The molecule has 1 aliphatic heterocycles. The van der Waals surface area contributed by atoms with E-state index >= 15 is 0 Å². The Kier molecular flexibility index (Phi) is 5.35. The molecule has 1 amide bonds. The maximum Gasteiger partial charge on any atom is 0.283 e. The molecule has 1 fully saturated rings. The highest BCUT2D eigenvalue weighted by Crippen LogP contribution is 2.19. The molecule has 116 valence electrons. The minimum absolute atomic E-state index is 0.0371. The zero-order valence-electron chi connectivity index (χ0n) is 12.2. The van der Waals surface area contributed by atoms with Crippen LogP contribution in [0, 0.1) is 0 Å². The minimum Gasteiger partial charge on any atom is -0.371 e. The molecule has 0 saturated carbocycles. The standard InChI is InChI=1S/C13H20BrN5O2/c1-18(2)6-7-19-13(21)11(14)10(8-16-19)17-9-4-3-5-15-12(9)20/h8-9,17H,3-7H2,1-2H3,(H,15,20). The van der Waals surface area contributed by atoms with E-state index in [9.17, 15) is 9.59 Å². The third-order valence-electron chi connectivity index (χ3n) is 3.36. The number of likely N-dealkylation sites (N-methyl/N-ethyl adjacent to an activating group) is 1. The summed E-state index contributed by atoms with van der Waals surface area (Å²) in [4.78, 5) is 25.9. The predicted molar refractivity (Wildman–Crippen MR) is 84.4 cm³/mol. The second-order valence-corrected chi connectivity index (χ2v) is 6.13. The van der Waals surface area contributed by atoms with Gasteiger partial charge in [0.05, 0.1) is 18.4 Å². The van der Waals surface area contributed by atoms with Crippen molar-refractivity contribution in [3.63, 3.8) is 0 Å². The lowest BCUT2D eigenvalue weighted by atomic mass is 10.1. The van der Waals surface area contributed by atoms with Crippen LogP contribution in [-0.2, 0) is 11.3 Å². The number of hydrogen-bond acceptors (Lipinski definition) is 5. The Morgan fingerprint density at radius 1 is 1.52 bits per heavy atom. The van der Waals surface area contributed by atoms with Crippen molar-refractivity contribution in [3.8, 4) is 0 Å². The summed E-state index contributed by atoms with van der Waals surface area (Å²) in [6.07, 6.45) is 3.26. The Bertz CT molecular complexity index is 572. The lowest BCUT2D eigenvalue weighted by Gasteiger charge is -2.24. The minimum atomic E-state index is -0.311. The van der Waals surface area contributed by atoms with Crippen molar-refractivity contribution in [2.75, 3.05) is 32.5 Å². The van der Waals surface area contributed by atoms with Crippen LogP contribution in [0.2, 0.25) is 0 Å². The Labute approximate surface area is 131 Å². The van der Waals surface area contributed by atoms with E-state index in [0.29, 0.717) is 23.2 Å². The van der Waals surface area contributed by atoms with E-state index in [4.69, 9.17) is 0 Å². The van der Waals surface area contributed by atoms with Crippen LogP contribution in [0.25, 0.3) is 0 Å². The van der Waals surface area contributed by atoms with Gasteiger partial charge in [-0.25, -0.2) is 4.68 Å². The number of carbonyl (C=O) groups is 1. The molecular formula is C13H20BrN5O2. The van der Waals surface area contributed by atoms with Gasteiger partial charge in [0, 0.05) is 13.1 Å². The topological polar surface area (TPSA) is 79.3 Å². The van der Waals surface area contributed by atoms with Gasteiger partial charge < -0.3 is 15.5 Å². The summed E-state index contributed by atoms with van der Waals surface area (Å²) < 4.78 is 1.82. The number of halogens is 1. The molecule has 2 N–H and O–H groups in total. The molecule has 2 rings (SSSR count). The third kappa shape index (κ3) is 4.04. The number of nitrogens with zero attached hydrogens (tertiary/aromatic N) is 3. The number of nitrogens with one attached hydrogen (secondary N) is 2. The molecule has 0 aliphatic carbocycles. The molecule has 0 aromatic carbocycles. The molecular weight excluding hydrogens is 338 g/mol. The first-order chi connectivity index (χ1) is 9.99. The molecule has 1 unspecified atom stereocenters. The molecule has 2 heterocycles. The Hall–Kier alpha value is -1.41. The summed E-state index contributed by atoms with van der Waals surface area (Å²) in [6.45, 7) is 1.97. The van der Waals surface area contributed by atoms with Gasteiger partial charge in [-0.2, -0.15) is 5.10 Å². The number of carbonyl (C=O) groups excluding carboxylic acids is 1. The van der Waals surface area contributed by atoms with Crippen molar-refractivity contribution in [2.45, 2.75) is 25.4 Å². The highest BCUT2D eigenvalue weighted by molar-refractivity contribution is 9.10. The van der Waals surface area contributed by atoms with E-state index in [1.165, 1.54) is 4.68 Å². The number of piperidine rings is 1. The van der Waals surface area contributed by atoms with Gasteiger partial charge >= 0.3 is 0 Å². The molecule has 0 radical (unpaired) electrons. The summed E-state index contributed by atoms with van der Waals surface area (Å²) in [5.41, 5.74) is 0.362. The van der Waals surface area contributed by atoms with Gasteiger partial charge in [0.15, 0.2) is 0 Å². The average molecular weight is 358 g/mol. The van der Waals surface area contributed by atoms with E-state index in [0.717, 1.165) is 19.4 Å². The zero-order chi connectivity index (χ0) is 15.4. The fourth-order valence-electron chi connectivity index (χ4n) is 2.12. The number of rotatable bonds is 5. The second-order valence-electron chi connectivity index (χ2n) is 5.33. The molecule has 1 saturated heterocycles. The van der Waals surface area contributed by atoms with Gasteiger partial charge in [0.1, 0.15) is 10.5 Å². The predicted octanol–water partition coefficient (Wildman–Crippen LogP) is 0.258. The van der Waals surface area contributed by atoms with Crippen LogP contribution >= 0.6 is 15.9 Å². The third-order valence-corrected chi connectivity index (χ3v) is 4.13. The SMILES string of the molecule is CN(C)CCn1ncc(NC2CCCNC2=O)c(Br)c1=O. The first-order valence-corrected chi connectivity index (χ1v) is 7.73. The Balaban J connectivity index is 2.12. The highest BCUT2D eigenvalue weighted by Gasteiger charge is 2.23. The quantitative estimate of drug-likeness (QED) is 0.789. The van der Waals surface area contributed by atoms with Gasteiger partial charge in [-0.05, 0) is 42.9 Å². The molecule has 1 aromatic rings. The molecule has 0 bridgehead atoms. The van der Waals surface area contributed by atoms with E-state index < -0.39 is 0 Å². The highest BCUT2D eigenvalue weighted by atomic mass is 79.9. The van der Waals surface area contributed by atoms with Gasteiger partial charge in [0.25, 0.3) is 5.56 Å². The van der Waals surface area contributed by atoms with E-state index in [2.05, 4.69) is 31.7 Å². The van der Waals surface area contributed by atoms with Crippen LogP contribution in [0.4, 0.5) is 5.69 Å². The first kappa shape index (κ1) is 16.0. The van der Waals surface area contributed by atoms with Crippen LogP contribution in [0.5, 0.6) is 0 Å². The maximum absolute atomic E-state index is 12.2. The van der Waals surface area contributed by atoms with Crippen molar-refractivity contribution in [3.05, 3.63) is 21.0 Å². The fraction of sp³-hybridized carbons (Fsp3) is 0.615. The van der Waals surface area contributed by atoms with Crippen LogP contribution in [0.3, 0.4) is 0 Å². The maximum atomic E-state index is 12.2. The van der Waals surface area contributed by atoms with Gasteiger partial charge in [-0.1, -0.05) is 0 Å². The lowest BCUT2D eigenvalue weighted by molar-refractivity contribution is -0.123. The van der Waals surface area contributed by atoms with Crippen molar-refractivity contribution in [2.24, 2.45) is 0 Å². The van der Waals surface area contributed by atoms with E-state index in [-0.39, 0.29) is 17.5 Å². The van der Waals surface area contributed by atoms with Gasteiger partial charge in [-0.15, -0.1) is 0 Å². The summed E-state index contributed by atoms with van der Waals surface area (Å²) in [5.74, 6) is -0.0371. The summed E-state index contributed by atoms with van der Waals surface area (Å²) in [7, 11) is 3.88. The van der Waals surface area contributed by atoms with Crippen LogP contribution in [0.1, 0.15) is 12.8 Å². The summed E-state index contributed by atoms with van der Waals surface area (Å²) in [6, 6.07) is -0.311. The molecule has 1 atom stereocenters. The molecule has 0 spiro atoms. The number of anilines is 1. The first-order valence-electron chi connectivity index (χ1n) is 6.93. The van der Waals surface area contributed by atoms with Crippen LogP contribution in [0.15, 0.2) is 15.5 Å². The van der Waals surface area contributed by atoms with Gasteiger partial charge in [-0.3, -0.25) is 9.59 Å². The Morgan fingerprint density at radius 3 is 2.95 bits per heavy atom. The van der Waals surface area contributed by atoms with Crippen LogP contribution < -0.4 is 16.2 Å². The lowest BCUT2D eigenvalue weighted by Crippen LogP contribution is -2.44. The molecule has 8 heteroatoms. The van der Waals surface area contributed by atoms with Crippen molar-refractivity contribution >= 4 is 27.5 Å². The molecule has 7 nitrogen and oxygen atoms in total. The average Bonchev–Trinajstić information content (AvgIpc) is 2.45. The Morgan fingerprint density at radius 2 is 2.29 bits per heavy atom. The summed E-state index contributed by atoms with van der Waals surface area (Å²) >= 11 is 3.30. The van der Waals surface area contributed by atoms with Crippen molar-refractivity contribution in [1.82, 2.24) is 20.0 Å². The van der Waals surface area contributed by atoms with Gasteiger partial charge in [0.2, 0.25) is 5.91 Å². The summed E-state index contributed by atoms with van der Waals surface area (Å²) in [5, 5.41) is 10.0.